The molecule has 0 saturated carbocycles. The highest BCUT2D eigenvalue weighted by Crippen LogP contribution is 2.27. The molecule has 38 heavy (non-hydrogen) atoms. The summed E-state index contributed by atoms with van der Waals surface area (Å²) in [5.41, 5.74) is 0.956. The average Bonchev–Trinajstić information content (AvgIpc) is 2.90. The first-order valence-electron chi connectivity index (χ1n) is 12.1. The zero-order chi connectivity index (χ0) is 27.9. The number of nitrogens with zero attached hydrogens (tertiary/aromatic N) is 2. The van der Waals surface area contributed by atoms with Gasteiger partial charge in [0, 0.05) is 17.6 Å². The molecule has 0 spiro atoms. The van der Waals surface area contributed by atoms with Crippen molar-refractivity contribution >= 4 is 39.1 Å². The molecular formula is C28H32ClN3O5S. The number of nitrogens with one attached hydrogen (secondary N) is 1. The number of carbonyl (C=O) groups is 2. The van der Waals surface area contributed by atoms with E-state index in [-0.39, 0.29) is 29.1 Å². The summed E-state index contributed by atoms with van der Waals surface area (Å²) in [5.74, 6) is -0.309. The molecule has 0 bridgehead atoms. The minimum absolute atomic E-state index is 0.0257. The second-order valence-corrected chi connectivity index (χ2v) is 11.3. The Bertz CT molecular complexity index is 1370. The molecule has 0 heterocycles. The maximum atomic E-state index is 13.9. The van der Waals surface area contributed by atoms with Crippen LogP contribution >= 0.6 is 11.6 Å². The molecule has 0 saturated heterocycles. The van der Waals surface area contributed by atoms with E-state index in [4.69, 9.17) is 16.3 Å². The number of hydrogen-bond donors (Lipinski definition) is 1. The standard InChI is InChI=1S/C28H32ClN3O5S/c1-20(2)30-28(34)21(3)31(18-22-10-8-13-25(16-22)37-4)27(33)19-32(24-12-9-11-23(29)17-24)38(35,36)26-14-6-5-7-15-26/h5-17,20-21H,18-19H2,1-4H3,(H,30,34)/t21-/m1/s1. The normalized spacial score (nSPS) is 12.1. The van der Waals surface area contributed by atoms with E-state index in [0.717, 1.165) is 9.87 Å². The van der Waals surface area contributed by atoms with Gasteiger partial charge in [-0.15, -0.1) is 0 Å². The summed E-state index contributed by atoms with van der Waals surface area (Å²) < 4.78 is 33.7. The minimum Gasteiger partial charge on any atom is -0.497 e. The number of hydrogen-bond acceptors (Lipinski definition) is 5. The van der Waals surface area contributed by atoms with Gasteiger partial charge in [-0.25, -0.2) is 8.42 Å². The van der Waals surface area contributed by atoms with Crippen molar-refractivity contribution in [2.75, 3.05) is 18.0 Å². The first kappa shape index (κ1) is 29.0. The van der Waals surface area contributed by atoms with Crippen molar-refractivity contribution in [1.82, 2.24) is 10.2 Å². The van der Waals surface area contributed by atoms with Crippen molar-refractivity contribution in [3.63, 3.8) is 0 Å². The van der Waals surface area contributed by atoms with Crippen LogP contribution in [-0.4, -0.2) is 50.9 Å². The molecule has 0 fully saturated rings. The number of carbonyl (C=O) groups excluding carboxylic acids is 2. The molecular weight excluding hydrogens is 526 g/mol. The van der Waals surface area contributed by atoms with Gasteiger partial charge in [0.2, 0.25) is 11.8 Å². The van der Waals surface area contributed by atoms with Gasteiger partial charge in [0.25, 0.3) is 10.0 Å². The summed E-state index contributed by atoms with van der Waals surface area (Å²) in [6.45, 7) is 4.79. The van der Waals surface area contributed by atoms with Gasteiger partial charge >= 0.3 is 0 Å². The van der Waals surface area contributed by atoms with Crippen LogP contribution in [0.5, 0.6) is 5.75 Å². The molecule has 0 aliphatic heterocycles. The molecule has 2 amide bonds. The lowest BCUT2D eigenvalue weighted by Crippen LogP contribution is -2.52. The number of rotatable bonds is 11. The molecule has 10 heteroatoms. The van der Waals surface area contributed by atoms with Gasteiger partial charge in [0.1, 0.15) is 18.3 Å². The molecule has 1 atom stereocenters. The van der Waals surface area contributed by atoms with E-state index in [9.17, 15) is 18.0 Å². The Labute approximate surface area is 229 Å². The molecule has 202 valence electrons. The van der Waals surface area contributed by atoms with Crippen LogP contribution in [0.15, 0.2) is 83.8 Å². The number of methoxy groups -OCH3 is 1. The van der Waals surface area contributed by atoms with Gasteiger partial charge in [0.15, 0.2) is 0 Å². The van der Waals surface area contributed by atoms with E-state index >= 15 is 0 Å². The van der Waals surface area contributed by atoms with E-state index in [1.807, 2.05) is 19.9 Å². The van der Waals surface area contributed by atoms with Crippen LogP contribution in [-0.2, 0) is 26.2 Å². The predicted molar refractivity (Wildman–Crippen MR) is 149 cm³/mol. The number of amides is 2. The van der Waals surface area contributed by atoms with Crippen molar-refractivity contribution in [3.8, 4) is 5.75 Å². The van der Waals surface area contributed by atoms with Crippen molar-refractivity contribution in [3.05, 3.63) is 89.4 Å². The lowest BCUT2D eigenvalue weighted by Gasteiger charge is -2.32. The minimum atomic E-state index is -4.14. The predicted octanol–water partition coefficient (Wildman–Crippen LogP) is 4.49. The Morgan fingerprint density at radius 1 is 0.947 bits per heavy atom. The molecule has 1 N–H and O–H groups in total. The first-order chi connectivity index (χ1) is 18.0. The third-order valence-electron chi connectivity index (χ3n) is 5.79. The maximum absolute atomic E-state index is 13.9. The van der Waals surface area contributed by atoms with Crippen LogP contribution in [0.4, 0.5) is 5.69 Å². The van der Waals surface area contributed by atoms with E-state index < -0.39 is 28.5 Å². The third kappa shape index (κ3) is 7.26. The molecule has 0 unspecified atom stereocenters. The fourth-order valence-corrected chi connectivity index (χ4v) is 5.45. The molecule has 0 aliphatic rings. The number of anilines is 1. The van der Waals surface area contributed by atoms with Gasteiger partial charge in [-0.2, -0.15) is 0 Å². The van der Waals surface area contributed by atoms with Gasteiger partial charge in [-0.1, -0.05) is 48.0 Å². The van der Waals surface area contributed by atoms with Gasteiger partial charge in [-0.3, -0.25) is 13.9 Å². The fraction of sp³-hybridized carbons (Fsp3) is 0.286. The highest BCUT2D eigenvalue weighted by Gasteiger charge is 2.32. The van der Waals surface area contributed by atoms with E-state index in [2.05, 4.69) is 5.32 Å². The summed E-state index contributed by atoms with van der Waals surface area (Å²) in [4.78, 5) is 28.2. The Kier molecular flexibility index (Phi) is 9.77. The summed E-state index contributed by atoms with van der Waals surface area (Å²) in [7, 11) is -2.60. The molecule has 8 nitrogen and oxygen atoms in total. The average molecular weight is 558 g/mol. The van der Waals surface area contributed by atoms with Gasteiger partial charge in [-0.05, 0) is 68.8 Å². The van der Waals surface area contributed by atoms with Crippen molar-refractivity contribution in [2.24, 2.45) is 0 Å². The largest absolute Gasteiger partial charge is 0.497 e. The summed E-state index contributed by atoms with van der Waals surface area (Å²) >= 11 is 6.18. The number of sulfonamides is 1. The second-order valence-electron chi connectivity index (χ2n) is 9.02. The smallest absolute Gasteiger partial charge is 0.264 e. The SMILES string of the molecule is COc1cccc(CN(C(=O)CN(c2cccc(Cl)c2)S(=O)(=O)c2ccccc2)[C@H](C)C(=O)NC(C)C)c1. The first-order valence-corrected chi connectivity index (χ1v) is 13.9. The van der Waals surface area contributed by atoms with E-state index in [0.29, 0.717) is 10.8 Å². The Hall–Kier alpha value is -3.56. The quantitative estimate of drug-likeness (QED) is 0.375. The Morgan fingerprint density at radius 2 is 1.63 bits per heavy atom. The van der Waals surface area contributed by atoms with Crippen LogP contribution in [0.3, 0.4) is 0 Å². The summed E-state index contributed by atoms with van der Waals surface area (Å²) in [5, 5.41) is 3.15. The Balaban J connectivity index is 2.03. The number of ether oxygens (including phenoxy) is 1. The monoisotopic (exact) mass is 557 g/mol. The third-order valence-corrected chi connectivity index (χ3v) is 7.81. The molecule has 3 aromatic rings. The summed E-state index contributed by atoms with van der Waals surface area (Å²) in [6.07, 6.45) is 0. The maximum Gasteiger partial charge on any atom is 0.264 e. The zero-order valence-corrected chi connectivity index (χ0v) is 23.4. The van der Waals surface area contributed by atoms with E-state index in [1.54, 1.807) is 61.5 Å². The van der Waals surface area contributed by atoms with Crippen LogP contribution in [0, 0.1) is 0 Å². The lowest BCUT2D eigenvalue weighted by molar-refractivity contribution is -0.139. The highest BCUT2D eigenvalue weighted by atomic mass is 35.5. The number of halogens is 1. The topological polar surface area (TPSA) is 96.0 Å². The molecule has 3 rings (SSSR count). The number of benzene rings is 3. The van der Waals surface area contributed by atoms with Crippen molar-refractivity contribution < 1.29 is 22.7 Å². The van der Waals surface area contributed by atoms with Gasteiger partial charge < -0.3 is 15.0 Å². The van der Waals surface area contributed by atoms with Crippen LogP contribution in [0.25, 0.3) is 0 Å². The van der Waals surface area contributed by atoms with Crippen LogP contribution < -0.4 is 14.4 Å². The van der Waals surface area contributed by atoms with Crippen molar-refractivity contribution in [2.45, 2.75) is 44.3 Å². The van der Waals surface area contributed by atoms with Crippen LogP contribution in [0.2, 0.25) is 5.02 Å². The van der Waals surface area contributed by atoms with Crippen LogP contribution in [0.1, 0.15) is 26.3 Å². The van der Waals surface area contributed by atoms with Gasteiger partial charge in [0.05, 0.1) is 17.7 Å². The van der Waals surface area contributed by atoms with E-state index in [1.165, 1.54) is 30.2 Å². The fourth-order valence-electron chi connectivity index (χ4n) is 3.83. The second kappa shape index (κ2) is 12.8. The Morgan fingerprint density at radius 3 is 2.26 bits per heavy atom. The molecule has 0 radical (unpaired) electrons. The molecule has 3 aromatic carbocycles. The highest BCUT2D eigenvalue weighted by molar-refractivity contribution is 7.92. The molecule has 0 aromatic heterocycles. The summed E-state index contributed by atoms with van der Waals surface area (Å²) in [6, 6.07) is 20.3. The van der Waals surface area contributed by atoms with Crippen molar-refractivity contribution in [1.29, 1.82) is 0 Å². The lowest BCUT2D eigenvalue weighted by atomic mass is 10.1. The zero-order valence-electron chi connectivity index (χ0n) is 21.8. The molecule has 0 aliphatic carbocycles.